The van der Waals surface area contributed by atoms with Crippen molar-refractivity contribution in [3.05, 3.63) is 29.1 Å². The van der Waals surface area contributed by atoms with Gasteiger partial charge in [-0.15, -0.1) is 0 Å². The van der Waals surface area contributed by atoms with Crippen LogP contribution in [0.3, 0.4) is 0 Å². The number of alkyl halides is 3. The highest BCUT2D eigenvalue weighted by Crippen LogP contribution is 2.22. The molecule has 0 spiro atoms. The van der Waals surface area contributed by atoms with E-state index in [1.807, 2.05) is 13.8 Å². The molecule has 1 nitrogen and oxygen atoms in total. The molecule has 0 fully saturated rings. The van der Waals surface area contributed by atoms with Crippen molar-refractivity contribution in [1.82, 2.24) is 4.98 Å². The Labute approximate surface area is 88.3 Å². The van der Waals surface area contributed by atoms with E-state index in [4.69, 9.17) is 0 Å². The number of halogens is 3. The number of aryl methyl sites for hydroxylation is 2. The van der Waals surface area contributed by atoms with E-state index in [0.29, 0.717) is 5.56 Å². The van der Waals surface area contributed by atoms with Gasteiger partial charge in [0.2, 0.25) is 0 Å². The summed E-state index contributed by atoms with van der Waals surface area (Å²) in [5.41, 5.74) is 1.63. The number of hydrogen-bond donors (Lipinski definition) is 0. The number of pyridine rings is 1. The Morgan fingerprint density at radius 3 is 2.13 bits per heavy atom. The fraction of sp³-hybridized carbons (Fsp3) is 0.545. The number of hydrogen-bond acceptors (Lipinski definition) is 1. The second-order valence-electron chi connectivity index (χ2n) is 3.04. The van der Waals surface area contributed by atoms with Gasteiger partial charge >= 0.3 is 6.18 Å². The van der Waals surface area contributed by atoms with E-state index < -0.39 is 12.6 Å². The highest BCUT2D eigenvalue weighted by atomic mass is 19.4. The molecule has 1 aromatic heterocycles. The number of rotatable bonds is 1. The minimum Gasteiger partial charge on any atom is -0.261 e. The van der Waals surface area contributed by atoms with Gasteiger partial charge in [-0.3, -0.25) is 4.98 Å². The molecule has 0 amide bonds. The van der Waals surface area contributed by atoms with Crippen LogP contribution < -0.4 is 0 Å². The van der Waals surface area contributed by atoms with Crippen LogP contribution in [0.2, 0.25) is 0 Å². The van der Waals surface area contributed by atoms with Crippen molar-refractivity contribution in [2.45, 2.75) is 40.3 Å². The molecule has 86 valence electrons. The Bertz CT molecular complexity index is 305. The maximum atomic E-state index is 12.0. The Hall–Kier alpha value is -1.06. The van der Waals surface area contributed by atoms with Crippen molar-refractivity contribution in [1.29, 1.82) is 0 Å². The molecule has 0 saturated heterocycles. The zero-order valence-electron chi connectivity index (χ0n) is 9.44. The van der Waals surface area contributed by atoms with E-state index in [9.17, 15) is 13.2 Å². The molecule has 0 N–H and O–H groups in total. The largest absolute Gasteiger partial charge is 0.393 e. The molecule has 0 aliphatic rings. The second-order valence-corrected chi connectivity index (χ2v) is 3.04. The standard InChI is InChI=1S/C9H10F3N.C2H6/c1-6-3-7(2)13-5-8(6)4-9(10,11)12;1-2/h3,5H,4H2,1-2H3;1-2H3. The van der Waals surface area contributed by atoms with Gasteiger partial charge in [0.1, 0.15) is 0 Å². The SMILES string of the molecule is CC.Cc1cc(C)c(CC(F)(F)F)cn1. The van der Waals surface area contributed by atoms with Crippen molar-refractivity contribution in [3.8, 4) is 0 Å². The molecule has 0 atom stereocenters. The Kier molecular flexibility index (Phi) is 5.33. The third-order valence-corrected chi connectivity index (χ3v) is 1.75. The van der Waals surface area contributed by atoms with Gasteiger partial charge < -0.3 is 0 Å². The van der Waals surface area contributed by atoms with Gasteiger partial charge in [-0.25, -0.2) is 0 Å². The normalized spacial score (nSPS) is 10.6. The zero-order chi connectivity index (χ0) is 12.1. The molecule has 0 radical (unpaired) electrons. The molecule has 0 aromatic carbocycles. The van der Waals surface area contributed by atoms with Crippen LogP contribution in [0.4, 0.5) is 13.2 Å². The average Bonchev–Trinajstić information content (AvgIpc) is 2.12. The fourth-order valence-corrected chi connectivity index (χ4v) is 1.13. The average molecular weight is 219 g/mol. The van der Waals surface area contributed by atoms with E-state index in [0.717, 1.165) is 5.69 Å². The zero-order valence-corrected chi connectivity index (χ0v) is 9.44. The van der Waals surface area contributed by atoms with E-state index in [2.05, 4.69) is 4.98 Å². The summed E-state index contributed by atoms with van der Waals surface area (Å²) in [5.74, 6) is 0. The Morgan fingerprint density at radius 1 is 1.20 bits per heavy atom. The summed E-state index contributed by atoms with van der Waals surface area (Å²) in [6, 6.07) is 1.65. The summed E-state index contributed by atoms with van der Waals surface area (Å²) in [5, 5.41) is 0. The van der Waals surface area contributed by atoms with Crippen molar-refractivity contribution >= 4 is 0 Å². The smallest absolute Gasteiger partial charge is 0.261 e. The van der Waals surface area contributed by atoms with Crippen molar-refractivity contribution in [2.75, 3.05) is 0 Å². The van der Waals surface area contributed by atoms with Crippen LogP contribution in [0.25, 0.3) is 0 Å². The quantitative estimate of drug-likeness (QED) is 0.699. The highest BCUT2D eigenvalue weighted by Gasteiger charge is 2.28. The van der Waals surface area contributed by atoms with Crippen LogP contribution in [0, 0.1) is 13.8 Å². The second kappa shape index (κ2) is 5.73. The first-order valence-corrected chi connectivity index (χ1v) is 4.87. The lowest BCUT2D eigenvalue weighted by Gasteiger charge is -2.08. The minimum absolute atomic E-state index is 0.248. The molecule has 0 bridgehead atoms. The van der Waals surface area contributed by atoms with Gasteiger partial charge in [0.15, 0.2) is 0 Å². The third-order valence-electron chi connectivity index (χ3n) is 1.75. The first-order chi connectivity index (χ1) is 6.88. The molecule has 1 heterocycles. The van der Waals surface area contributed by atoms with Crippen LogP contribution in [-0.4, -0.2) is 11.2 Å². The summed E-state index contributed by atoms with van der Waals surface area (Å²) in [6.45, 7) is 7.42. The molecule has 0 aliphatic heterocycles. The monoisotopic (exact) mass is 219 g/mol. The molecule has 1 rings (SSSR count). The van der Waals surface area contributed by atoms with Gasteiger partial charge in [0.25, 0.3) is 0 Å². The fourth-order valence-electron chi connectivity index (χ4n) is 1.13. The molecule has 4 heteroatoms. The molecule has 0 aliphatic carbocycles. The van der Waals surface area contributed by atoms with E-state index in [-0.39, 0.29) is 5.56 Å². The molecule has 0 saturated carbocycles. The first kappa shape index (κ1) is 13.9. The topological polar surface area (TPSA) is 12.9 Å². The summed E-state index contributed by atoms with van der Waals surface area (Å²) in [7, 11) is 0. The molecular weight excluding hydrogens is 203 g/mol. The molecule has 1 aromatic rings. The van der Waals surface area contributed by atoms with Gasteiger partial charge in [-0.2, -0.15) is 13.2 Å². The van der Waals surface area contributed by atoms with Crippen molar-refractivity contribution in [2.24, 2.45) is 0 Å². The summed E-state index contributed by atoms with van der Waals surface area (Å²) in [4.78, 5) is 3.82. The van der Waals surface area contributed by atoms with Gasteiger partial charge in [-0.05, 0) is 31.0 Å². The maximum Gasteiger partial charge on any atom is 0.393 e. The first-order valence-electron chi connectivity index (χ1n) is 4.87. The summed E-state index contributed by atoms with van der Waals surface area (Å²) < 4.78 is 36.0. The summed E-state index contributed by atoms with van der Waals surface area (Å²) >= 11 is 0. The van der Waals surface area contributed by atoms with Crippen LogP contribution >= 0.6 is 0 Å². The lowest BCUT2D eigenvalue weighted by atomic mass is 10.1. The van der Waals surface area contributed by atoms with Crippen molar-refractivity contribution < 1.29 is 13.2 Å². The summed E-state index contributed by atoms with van der Waals surface area (Å²) in [6.07, 6.45) is -3.76. The Morgan fingerprint density at radius 2 is 1.73 bits per heavy atom. The van der Waals surface area contributed by atoms with Crippen LogP contribution in [-0.2, 0) is 6.42 Å². The molecule has 15 heavy (non-hydrogen) atoms. The third kappa shape index (κ3) is 5.40. The van der Waals surface area contributed by atoms with Gasteiger partial charge in [0.05, 0.1) is 6.42 Å². The van der Waals surface area contributed by atoms with E-state index >= 15 is 0 Å². The predicted octanol–water partition coefficient (Wildman–Crippen LogP) is 3.83. The van der Waals surface area contributed by atoms with Crippen molar-refractivity contribution in [3.63, 3.8) is 0 Å². The van der Waals surface area contributed by atoms with E-state index in [1.54, 1.807) is 19.9 Å². The van der Waals surface area contributed by atoms with E-state index in [1.165, 1.54) is 6.20 Å². The lowest BCUT2D eigenvalue weighted by Crippen LogP contribution is -2.12. The van der Waals surface area contributed by atoms with Crippen LogP contribution in [0.5, 0.6) is 0 Å². The van der Waals surface area contributed by atoms with Crippen LogP contribution in [0.1, 0.15) is 30.7 Å². The highest BCUT2D eigenvalue weighted by molar-refractivity contribution is 5.25. The molecular formula is C11H16F3N. The van der Waals surface area contributed by atoms with Crippen LogP contribution in [0.15, 0.2) is 12.3 Å². The number of nitrogens with zero attached hydrogens (tertiary/aromatic N) is 1. The maximum absolute atomic E-state index is 12.0. The Balaban J connectivity index is 0.000000921. The van der Waals surface area contributed by atoms with Gasteiger partial charge in [-0.1, -0.05) is 13.8 Å². The molecule has 0 unspecified atom stereocenters. The predicted molar refractivity (Wildman–Crippen MR) is 54.8 cm³/mol. The van der Waals surface area contributed by atoms with Gasteiger partial charge in [0, 0.05) is 11.9 Å². The number of aromatic nitrogens is 1. The minimum atomic E-state index is -4.15. The lowest BCUT2D eigenvalue weighted by molar-refractivity contribution is -0.127.